The smallest absolute Gasteiger partial charge is 0.0491 e. The second kappa shape index (κ2) is 11.9. The zero-order chi connectivity index (χ0) is 31.0. The largest absolute Gasteiger partial charge is 0.341 e. The molecule has 0 fully saturated rings. The average molecular weight is 595 g/mol. The summed E-state index contributed by atoms with van der Waals surface area (Å²) in [7, 11) is 0. The second-order valence-electron chi connectivity index (χ2n) is 12.3. The van der Waals surface area contributed by atoms with Crippen molar-refractivity contribution in [3.8, 4) is 11.1 Å². The van der Waals surface area contributed by atoms with Gasteiger partial charge in [-0.05, 0) is 96.5 Å². The number of nitrogens with zero attached hydrogens (tertiary/aromatic N) is 2. The van der Waals surface area contributed by atoms with E-state index in [1.807, 2.05) is 0 Å². The number of hydrogen-bond acceptors (Lipinski definition) is 0. The lowest BCUT2D eigenvalue weighted by atomic mass is 9.99. The molecule has 8 rings (SSSR count). The molecule has 0 aliphatic heterocycles. The van der Waals surface area contributed by atoms with Gasteiger partial charge in [-0.1, -0.05) is 109 Å². The van der Waals surface area contributed by atoms with E-state index in [1.165, 1.54) is 77.0 Å². The van der Waals surface area contributed by atoms with Crippen LogP contribution in [0.1, 0.15) is 36.1 Å². The van der Waals surface area contributed by atoms with Crippen LogP contribution in [-0.4, -0.2) is 9.13 Å². The van der Waals surface area contributed by atoms with Gasteiger partial charge in [0.15, 0.2) is 0 Å². The number of fused-ring (bicyclic) bond motifs is 6. The van der Waals surface area contributed by atoms with Crippen molar-refractivity contribution >= 4 is 55.8 Å². The fraction of sp³-hybridized carbons (Fsp3) is 0.136. The van der Waals surface area contributed by atoms with Crippen molar-refractivity contribution in [1.29, 1.82) is 0 Å². The summed E-state index contributed by atoms with van der Waals surface area (Å²) in [4.78, 5) is 0. The van der Waals surface area contributed by atoms with Gasteiger partial charge in [-0.2, -0.15) is 0 Å². The molecule has 0 spiro atoms. The third kappa shape index (κ3) is 5.01. The van der Waals surface area contributed by atoms with Crippen LogP contribution in [0.4, 0.5) is 0 Å². The van der Waals surface area contributed by atoms with Gasteiger partial charge in [0.1, 0.15) is 0 Å². The van der Waals surface area contributed by atoms with Crippen LogP contribution in [0.25, 0.3) is 66.9 Å². The van der Waals surface area contributed by atoms with E-state index in [0.29, 0.717) is 0 Å². The Morgan fingerprint density at radius 3 is 1.50 bits per heavy atom. The summed E-state index contributed by atoms with van der Waals surface area (Å²) >= 11 is 0. The van der Waals surface area contributed by atoms with Crippen LogP contribution in [-0.2, 0) is 25.9 Å². The molecule has 0 saturated carbocycles. The van der Waals surface area contributed by atoms with Crippen LogP contribution in [0.5, 0.6) is 0 Å². The predicted octanol–water partition coefficient (Wildman–Crippen LogP) is 11.6. The lowest BCUT2D eigenvalue weighted by Gasteiger charge is -2.07. The molecular weight excluding hydrogens is 556 g/mol. The number of hydrogen-bond donors (Lipinski definition) is 0. The summed E-state index contributed by atoms with van der Waals surface area (Å²) in [6.45, 7) is 6.40. The first-order valence-electron chi connectivity index (χ1n) is 16.6. The molecule has 2 heterocycles. The predicted molar refractivity (Wildman–Crippen MR) is 198 cm³/mol. The van der Waals surface area contributed by atoms with E-state index >= 15 is 0 Å². The van der Waals surface area contributed by atoms with Crippen molar-refractivity contribution in [2.75, 3.05) is 0 Å². The Hall–Kier alpha value is -5.34. The zero-order valence-corrected chi connectivity index (χ0v) is 26.6. The zero-order valence-electron chi connectivity index (χ0n) is 26.6. The minimum atomic E-state index is 0.970. The third-order valence-electron chi connectivity index (χ3n) is 9.63. The maximum absolute atomic E-state index is 2.42. The molecule has 8 aromatic rings. The first-order valence-corrected chi connectivity index (χ1v) is 16.6. The Kier molecular flexibility index (Phi) is 7.27. The molecule has 0 aliphatic rings. The lowest BCUT2D eigenvalue weighted by molar-refractivity contribution is 0.827. The molecule has 0 bridgehead atoms. The Labute approximate surface area is 270 Å². The molecule has 2 nitrogen and oxygen atoms in total. The summed E-state index contributed by atoms with van der Waals surface area (Å²) < 4.78 is 4.82. The number of rotatable bonds is 8. The highest BCUT2D eigenvalue weighted by Crippen LogP contribution is 2.32. The SMILES string of the molecule is CCn1c2ccccc2c2cc(C=Cc3ccc(-c4ccc(CCc5ccc6c(c5)c5ccccc5n6CC)cc4)cc3)ccc21. The molecule has 0 saturated heterocycles. The van der Waals surface area contributed by atoms with Crippen LogP contribution < -0.4 is 0 Å². The maximum atomic E-state index is 2.42. The molecule has 46 heavy (non-hydrogen) atoms. The van der Waals surface area contributed by atoms with Gasteiger partial charge in [0.25, 0.3) is 0 Å². The first-order chi connectivity index (χ1) is 22.7. The molecule has 2 heteroatoms. The summed E-state index contributed by atoms with van der Waals surface area (Å²) in [6.07, 6.45) is 6.51. The van der Waals surface area contributed by atoms with Crippen molar-refractivity contribution in [3.05, 3.63) is 156 Å². The summed E-state index contributed by atoms with van der Waals surface area (Å²) in [6, 6.07) is 49.3. The van der Waals surface area contributed by atoms with Gasteiger partial charge >= 0.3 is 0 Å². The van der Waals surface area contributed by atoms with Crippen molar-refractivity contribution in [2.24, 2.45) is 0 Å². The lowest BCUT2D eigenvalue weighted by Crippen LogP contribution is -1.94. The Bertz CT molecular complexity index is 2360. The quantitative estimate of drug-likeness (QED) is 0.155. The van der Waals surface area contributed by atoms with Crippen molar-refractivity contribution in [1.82, 2.24) is 9.13 Å². The van der Waals surface area contributed by atoms with E-state index in [-0.39, 0.29) is 0 Å². The molecule has 0 unspecified atom stereocenters. The van der Waals surface area contributed by atoms with Gasteiger partial charge in [0.2, 0.25) is 0 Å². The van der Waals surface area contributed by atoms with Crippen LogP contribution in [0.2, 0.25) is 0 Å². The average Bonchev–Trinajstić information content (AvgIpc) is 3.61. The maximum Gasteiger partial charge on any atom is 0.0491 e. The van der Waals surface area contributed by atoms with Gasteiger partial charge in [-0.3, -0.25) is 0 Å². The van der Waals surface area contributed by atoms with Crippen LogP contribution in [0, 0.1) is 0 Å². The fourth-order valence-electron chi connectivity index (χ4n) is 7.24. The van der Waals surface area contributed by atoms with Gasteiger partial charge in [-0.15, -0.1) is 0 Å². The molecule has 0 atom stereocenters. The topological polar surface area (TPSA) is 9.86 Å². The van der Waals surface area contributed by atoms with Gasteiger partial charge < -0.3 is 9.13 Å². The minimum Gasteiger partial charge on any atom is -0.341 e. The van der Waals surface area contributed by atoms with Crippen molar-refractivity contribution in [2.45, 2.75) is 39.8 Å². The molecule has 0 aliphatic carbocycles. The normalized spacial score (nSPS) is 12.0. The third-order valence-corrected chi connectivity index (χ3v) is 9.63. The van der Waals surface area contributed by atoms with Crippen LogP contribution >= 0.6 is 0 Å². The number of aryl methyl sites for hydroxylation is 4. The Morgan fingerprint density at radius 2 is 0.870 bits per heavy atom. The fourth-order valence-corrected chi connectivity index (χ4v) is 7.24. The Balaban J connectivity index is 0.949. The van der Waals surface area contributed by atoms with E-state index in [0.717, 1.165) is 25.9 Å². The molecular formula is C44H38N2. The van der Waals surface area contributed by atoms with Gasteiger partial charge in [0.05, 0.1) is 0 Å². The summed E-state index contributed by atoms with van der Waals surface area (Å²) in [5.41, 5.74) is 13.0. The minimum absolute atomic E-state index is 0.970. The van der Waals surface area contributed by atoms with Crippen LogP contribution in [0.15, 0.2) is 133 Å². The van der Waals surface area contributed by atoms with E-state index in [9.17, 15) is 0 Å². The highest BCUT2D eigenvalue weighted by atomic mass is 15.0. The van der Waals surface area contributed by atoms with Gasteiger partial charge in [0, 0.05) is 56.7 Å². The Morgan fingerprint density at radius 1 is 0.413 bits per heavy atom. The molecule has 2 aromatic heterocycles. The van der Waals surface area contributed by atoms with E-state index in [4.69, 9.17) is 0 Å². The van der Waals surface area contributed by atoms with Crippen molar-refractivity contribution < 1.29 is 0 Å². The molecule has 0 radical (unpaired) electrons. The summed E-state index contributed by atoms with van der Waals surface area (Å²) in [5.74, 6) is 0. The molecule has 0 amide bonds. The highest BCUT2D eigenvalue weighted by Gasteiger charge is 2.11. The van der Waals surface area contributed by atoms with E-state index < -0.39 is 0 Å². The van der Waals surface area contributed by atoms with E-state index in [2.05, 4.69) is 169 Å². The first kappa shape index (κ1) is 28.2. The second-order valence-corrected chi connectivity index (χ2v) is 12.3. The highest BCUT2D eigenvalue weighted by molar-refractivity contribution is 6.09. The molecule has 6 aromatic carbocycles. The van der Waals surface area contributed by atoms with Gasteiger partial charge in [-0.25, -0.2) is 0 Å². The monoisotopic (exact) mass is 594 g/mol. The molecule has 224 valence electrons. The van der Waals surface area contributed by atoms with E-state index in [1.54, 1.807) is 0 Å². The van der Waals surface area contributed by atoms with Crippen LogP contribution in [0.3, 0.4) is 0 Å². The summed E-state index contributed by atoms with van der Waals surface area (Å²) in [5, 5.41) is 5.36. The molecule has 0 N–H and O–H groups in total. The number of para-hydroxylation sites is 2. The van der Waals surface area contributed by atoms with Crippen molar-refractivity contribution in [3.63, 3.8) is 0 Å². The number of aromatic nitrogens is 2. The number of benzene rings is 6. The standard InChI is InChI=1S/C44H38N2/c1-3-45-41-11-7-5-9-37(41)39-29-33(21-27-43(39)45)15-13-31-17-23-35(24-18-31)36-25-19-32(20-26-36)14-16-34-22-28-44-40(30-34)38-10-6-8-12-42(38)46(44)4-2/h5-13,15,17-30H,3-4,14,16H2,1-2H3.